The number of carbonyl (C=O) groups excluding carboxylic acids is 2. The molecule has 1 heterocycles. The molecule has 3 N–H and O–H groups in total. The van der Waals surface area contributed by atoms with E-state index in [1.165, 1.54) is 11.3 Å². The van der Waals surface area contributed by atoms with Gasteiger partial charge in [0.15, 0.2) is 0 Å². The van der Waals surface area contributed by atoms with Crippen molar-refractivity contribution in [2.75, 3.05) is 0 Å². The lowest BCUT2D eigenvalue weighted by Gasteiger charge is -2.23. The number of carboxylic acid groups (broad SMARTS) is 1. The third-order valence-electron chi connectivity index (χ3n) is 3.44. The maximum absolute atomic E-state index is 12.4. The standard InChI is InChI=1S/C16H24N2O4S/c1-4-5-7-11(16(21)22)17-15(20)13(10(2)3)18-14(19)12-8-6-9-23-12/h6,8-11,13H,4-5,7H2,1-3H3,(H,17,20)(H,18,19)(H,21,22)/t11-,13?/m0/s1. The Morgan fingerprint density at radius 1 is 1.26 bits per heavy atom. The van der Waals surface area contributed by atoms with Crippen LogP contribution in [-0.2, 0) is 9.59 Å². The first-order chi connectivity index (χ1) is 10.9. The van der Waals surface area contributed by atoms with Crippen LogP contribution in [0.2, 0.25) is 0 Å². The van der Waals surface area contributed by atoms with E-state index < -0.39 is 24.0 Å². The van der Waals surface area contributed by atoms with Crippen LogP contribution in [0.4, 0.5) is 0 Å². The van der Waals surface area contributed by atoms with Gasteiger partial charge in [0.25, 0.3) is 5.91 Å². The van der Waals surface area contributed by atoms with E-state index in [0.29, 0.717) is 17.7 Å². The highest BCUT2D eigenvalue weighted by Crippen LogP contribution is 2.11. The van der Waals surface area contributed by atoms with Crippen LogP contribution in [0, 0.1) is 5.92 Å². The van der Waals surface area contributed by atoms with Crippen molar-refractivity contribution in [3.63, 3.8) is 0 Å². The zero-order chi connectivity index (χ0) is 17.4. The molecular formula is C16H24N2O4S. The Morgan fingerprint density at radius 2 is 1.96 bits per heavy atom. The predicted molar refractivity (Wildman–Crippen MR) is 89.5 cm³/mol. The number of hydrogen-bond acceptors (Lipinski definition) is 4. The minimum absolute atomic E-state index is 0.153. The van der Waals surface area contributed by atoms with Crippen molar-refractivity contribution >= 4 is 29.1 Å². The predicted octanol–water partition coefficient (Wildman–Crippen LogP) is 2.26. The number of rotatable bonds is 9. The van der Waals surface area contributed by atoms with Gasteiger partial charge in [-0.2, -0.15) is 0 Å². The van der Waals surface area contributed by atoms with Crippen LogP contribution < -0.4 is 10.6 Å². The van der Waals surface area contributed by atoms with Crippen molar-refractivity contribution in [1.82, 2.24) is 10.6 Å². The van der Waals surface area contributed by atoms with Gasteiger partial charge in [-0.25, -0.2) is 4.79 Å². The van der Waals surface area contributed by atoms with Crippen molar-refractivity contribution in [3.8, 4) is 0 Å². The molecule has 0 aromatic carbocycles. The Balaban J connectivity index is 2.73. The van der Waals surface area contributed by atoms with E-state index in [1.54, 1.807) is 31.4 Å². The van der Waals surface area contributed by atoms with Gasteiger partial charge in [0.1, 0.15) is 12.1 Å². The van der Waals surface area contributed by atoms with Crippen LogP contribution in [0.5, 0.6) is 0 Å². The molecular weight excluding hydrogens is 316 g/mol. The fourth-order valence-corrected chi connectivity index (χ4v) is 2.71. The molecule has 0 aliphatic carbocycles. The van der Waals surface area contributed by atoms with Crippen molar-refractivity contribution in [2.24, 2.45) is 5.92 Å². The van der Waals surface area contributed by atoms with E-state index in [4.69, 9.17) is 0 Å². The van der Waals surface area contributed by atoms with Crippen molar-refractivity contribution in [2.45, 2.75) is 52.1 Å². The minimum Gasteiger partial charge on any atom is -0.480 e. The number of carbonyl (C=O) groups is 3. The van der Waals surface area contributed by atoms with E-state index in [2.05, 4.69) is 10.6 Å². The number of carboxylic acids is 1. The van der Waals surface area contributed by atoms with Gasteiger partial charge in [0.05, 0.1) is 4.88 Å². The molecule has 0 saturated carbocycles. The van der Waals surface area contributed by atoms with Crippen LogP contribution in [0.25, 0.3) is 0 Å². The normalized spacial score (nSPS) is 13.4. The molecule has 1 aromatic rings. The van der Waals surface area contributed by atoms with Gasteiger partial charge in [-0.15, -0.1) is 11.3 Å². The lowest BCUT2D eigenvalue weighted by atomic mass is 10.0. The molecule has 0 fully saturated rings. The number of aliphatic carboxylic acids is 1. The molecule has 6 nitrogen and oxygen atoms in total. The van der Waals surface area contributed by atoms with Gasteiger partial charge < -0.3 is 15.7 Å². The van der Waals surface area contributed by atoms with Gasteiger partial charge >= 0.3 is 5.97 Å². The molecule has 7 heteroatoms. The Hall–Kier alpha value is -1.89. The molecule has 0 radical (unpaired) electrons. The zero-order valence-corrected chi connectivity index (χ0v) is 14.5. The number of unbranched alkanes of at least 4 members (excludes halogenated alkanes) is 1. The largest absolute Gasteiger partial charge is 0.480 e. The Morgan fingerprint density at radius 3 is 2.43 bits per heavy atom. The second kappa shape index (κ2) is 9.29. The fourth-order valence-electron chi connectivity index (χ4n) is 2.08. The molecule has 2 amide bonds. The van der Waals surface area contributed by atoms with E-state index in [1.807, 2.05) is 6.92 Å². The van der Waals surface area contributed by atoms with Crippen molar-refractivity contribution < 1.29 is 19.5 Å². The Labute approximate surface area is 140 Å². The summed E-state index contributed by atoms with van der Waals surface area (Å²) in [4.78, 5) is 36.3. The molecule has 0 bridgehead atoms. The maximum Gasteiger partial charge on any atom is 0.326 e. The van der Waals surface area contributed by atoms with Gasteiger partial charge in [-0.3, -0.25) is 9.59 Å². The molecule has 1 rings (SSSR count). The quantitative estimate of drug-likeness (QED) is 0.642. The first kappa shape index (κ1) is 19.2. The smallest absolute Gasteiger partial charge is 0.326 e. The topological polar surface area (TPSA) is 95.5 Å². The number of hydrogen-bond donors (Lipinski definition) is 3. The molecule has 1 unspecified atom stereocenters. The van der Waals surface area contributed by atoms with Gasteiger partial charge in [-0.05, 0) is 23.8 Å². The van der Waals surface area contributed by atoms with E-state index in [9.17, 15) is 19.5 Å². The summed E-state index contributed by atoms with van der Waals surface area (Å²) >= 11 is 1.29. The highest BCUT2D eigenvalue weighted by Gasteiger charge is 2.28. The average Bonchev–Trinajstić information content (AvgIpc) is 3.02. The highest BCUT2D eigenvalue weighted by molar-refractivity contribution is 7.12. The molecule has 23 heavy (non-hydrogen) atoms. The second-order valence-corrected chi connectivity index (χ2v) is 6.66. The fraction of sp³-hybridized carbons (Fsp3) is 0.562. The van der Waals surface area contributed by atoms with Crippen LogP contribution in [0.1, 0.15) is 49.7 Å². The lowest BCUT2D eigenvalue weighted by Crippen LogP contribution is -2.53. The summed E-state index contributed by atoms with van der Waals surface area (Å²) < 4.78 is 0. The summed E-state index contributed by atoms with van der Waals surface area (Å²) in [5.41, 5.74) is 0. The second-order valence-electron chi connectivity index (χ2n) is 5.71. The first-order valence-electron chi connectivity index (χ1n) is 7.74. The number of thiophene rings is 1. The van der Waals surface area contributed by atoms with E-state index >= 15 is 0 Å². The summed E-state index contributed by atoms with van der Waals surface area (Å²) in [7, 11) is 0. The number of amides is 2. The summed E-state index contributed by atoms with van der Waals surface area (Å²) in [5, 5.41) is 16.2. The Bertz CT molecular complexity index is 528. The van der Waals surface area contributed by atoms with E-state index in [0.717, 1.165) is 6.42 Å². The monoisotopic (exact) mass is 340 g/mol. The molecule has 2 atom stereocenters. The number of nitrogens with one attached hydrogen (secondary N) is 2. The highest BCUT2D eigenvalue weighted by atomic mass is 32.1. The molecule has 128 valence electrons. The summed E-state index contributed by atoms with van der Waals surface area (Å²) in [6, 6.07) is 1.74. The summed E-state index contributed by atoms with van der Waals surface area (Å²) in [6.45, 7) is 5.57. The molecule has 0 spiro atoms. The lowest BCUT2D eigenvalue weighted by molar-refractivity contribution is -0.142. The zero-order valence-electron chi connectivity index (χ0n) is 13.7. The average molecular weight is 340 g/mol. The minimum atomic E-state index is -1.06. The van der Waals surface area contributed by atoms with Crippen LogP contribution in [-0.4, -0.2) is 35.0 Å². The van der Waals surface area contributed by atoms with E-state index in [-0.39, 0.29) is 11.8 Å². The summed E-state index contributed by atoms with van der Waals surface area (Å²) in [6.07, 6.45) is 1.94. The third-order valence-corrected chi connectivity index (χ3v) is 4.31. The van der Waals surface area contributed by atoms with Gasteiger partial charge in [0, 0.05) is 0 Å². The van der Waals surface area contributed by atoms with Gasteiger partial charge in [0.2, 0.25) is 5.91 Å². The molecule has 0 saturated heterocycles. The molecule has 0 aliphatic rings. The SMILES string of the molecule is CCCC[C@H](NC(=O)C(NC(=O)c1cccs1)C(C)C)C(=O)O. The van der Waals surface area contributed by atoms with Crippen LogP contribution >= 0.6 is 11.3 Å². The first-order valence-corrected chi connectivity index (χ1v) is 8.62. The van der Waals surface area contributed by atoms with Gasteiger partial charge in [-0.1, -0.05) is 39.7 Å². The molecule has 1 aromatic heterocycles. The Kier molecular flexibility index (Phi) is 7.74. The summed E-state index contributed by atoms with van der Waals surface area (Å²) in [5.74, 6) is -2.00. The van der Waals surface area contributed by atoms with Crippen molar-refractivity contribution in [3.05, 3.63) is 22.4 Å². The van der Waals surface area contributed by atoms with Crippen molar-refractivity contribution in [1.29, 1.82) is 0 Å². The van der Waals surface area contributed by atoms with Crippen LogP contribution in [0.15, 0.2) is 17.5 Å². The molecule has 0 aliphatic heterocycles. The third kappa shape index (κ3) is 6.02. The van der Waals surface area contributed by atoms with Crippen LogP contribution in [0.3, 0.4) is 0 Å². The maximum atomic E-state index is 12.4.